The van der Waals surface area contributed by atoms with Crippen LogP contribution in [0.5, 0.6) is 0 Å². The second kappa shape index (κ2) is 6.36. The highest BCUT2D eigenvalue weighted by molar-refractivity contribution is 5.69. The summed E-state index contributed by atoms with van der Waals surface area (Å²) in [6, 6.07) is 0. The number of amides is 1. The Kier molecular flexibility index (Phi) is 5.11. The number of hydrogen-bond acceptors (Lipinski definition) is 5. The maximum atomic E-state index is 11.3. The van der Waals surface area contributed by atoms with Gasteiger partial charge in [-0.25, -0.2) is 9.80 Å². The topological polar surface area (TPSA) is 88.1 Å². The first-order chi connectivity index (χ1) is 8.53. The molecule has 1 atom stereocenters. The molecule has 2 N–H and O–H groups in total. The molecule has 0 aromatic carbocycles. The molecule has 7 nitrogen and oxygen atoms in total. The summed E-state index contributed by atoms with van der Waals surface area (Å²) in [5.41, 5.74) is 1.74. The zero-order valence-corrected chi connectivity index (χ0v) is 10.5. The number of hydrogen-bond donors (Lipinski definition) is 2. The zero-order valence-electron chi connectivity index (χ0n) is 10.5. The molecule has 1 unspecified atom stereocenters. The molecule has 102 valence electrons. The number of nitrogens with one attached hydrogen (secondary N) is 1. The van der Waals surface area contributed by atoms with E-state index in [1.807, 2.05) is 0 Å². The Hall–Kier alpha value is -1.60. The van der Waals surface area contributed by atoms with Gasteiger partial charge in [0.25, 0.3) is 0 Å². The number of rotatable bonds is 6. The van der Waals surface area contributed by atoms with Crippen LogP contribution in [0.3, 0.4) is 0 Å². The summed E-state index contributed by atoms with van der Waals surface area (Å²) in [6.45, 7) is 4.25. The molecular weight excluding hydrogens is 240 g/mol. The molecule has 0 bridgehead atoms. The maximum absolute atomic E-state index is 11.3. The number of carbonyl (C=O) groups is 2. The van der Waals surface area contributed by atoms with Crippen molar-refractivity contribution in [3.63, 3.8) is 0 Å². The molecule has 0 aromatic heterocycles. The highest BCUT2D eigenvalue weighted by Crippen LogP contribution is 2.23. The van der Waals surface area contributed by atoms with Crippen LogP contribution in [0, 0.1) is 0 Å². The van der Waals surface area contributed by atoms with Crippen LogP contribution in [-0.4, -0.2) is 41.1 Å². The third-order valence-corrected chi connectivity index (χ3v) is 2.42. The van der Waals surface area contributed by atoms with Gasteiger partial charge in [0.05, 0.1) is 6.61 Å². The van der Waals surface area contributed by atoms with Crippen LogP contribution in [0.15, 0.2) is 12.3 Å². The molecular formula is C11H18N2O5. The van der Waals surface area contributed by atoms with Gasteiger partial charge >= 0.3 is 12.1 Å². The molecule has 0 spiro atoms. The van der Waals surface area contributed by atoms with Crippen molar-refractivity contribution in [2.75, 3.05) is 13.2 Å². The van der Waals surface area contributed by atoms with Crippen molar-refractivity contribution in [2.24, 2.45) is 0 Å². The second-order valence-electron chi connectivity index (χ2n) is 3.71. The summed E-state index contributed by atoms with van der Waals surface area (Å²) in [7, 11) is 0. The van der Waals surface area contributed by atoms with Gasteiger partial charge in [-0.3, -0.25) is 4.79 Å². The Bertz CT molecular complexity index is 344. The van der Waals surface area contributed by atoms with Gasteiger partial charge in [0, 0.05) is 25.6 Å². The lowest BCUT2D eigenvalue weighted by atomic mass is 10.1. The fourth-order valence-corrected chi connectivity index (χ4v) is 1.66. The van der Waals surface area contributed by atoms with Crippen LogP contribution in [0.4, 0.5) is 4.79 Å². The fraction of sp³-hybridized carbons (Fsp3) is 0.636. The lowest BCUT2D eigenvalue weighted by Crippen LogP contribution is -2.50. The largest absolute Gasteiger partial charge is 0.466 e. The highest BCUT2D eigenvalue weighted by atomic mass is 16.5. The second-order valence-corrected chi connectivity index (χ2v) is 3.71. The van der Waals surface area contributed by atoms with E-state index in [-0.39, 0.29) is 12.4 Å². The van der Waals surface area contributed by atoms with Crippen LogP contribution in [0.25, 0.3) is 0 Å². The molecule has 0 aromatic rings. The van der Waals surface area contributed by atoms with Gasteiger partial charge in [-0.2, -0.15) is 5.43 Å². The molecule has 1 aliphatic rings. The summed E-state index contributed by atoms with van der Waals surface area (Å²) in [5, 5.41) is 9.74. The van der Waals surface area contributed by atoms with Crippen LogP contribution >= 0.6 is 0 Å². The van der Waals surface area contributed by atoms with Crippen molar-refractivity contribution >= 4 is 12.1 Å². The Morgan fingerprint density at radius 1 is 1.39 bits per heavy atom. The third kappa shape index (κ3) is 3.71. The van der Waals surface area contributed by atoms with Crippen molar-refractivity contribution in [1.82, 2.24) is 10.4 Å². The van der Waals surface area contributed by atoms with E-state index in [9.17, 15) is 9.59 Å². The van der Waals surface area contributed by atoms with Gasteiger partial charge in [0.15, 0.2) is 5.72 Å². The van der Waals surface area contributed by atoms with Crippen LogP contribution < -0.4 is 5.43 Å². The molecule has 1 amide bonds. The fourth-order valence-electron chi connectivity index (χ4n) is 1.66. The predicted octanol–water partition coefficient (Wildman–Crippen LogP) is 1.07. The maximum Gasteiger partial charge on any atom is 0.426 e. The van der Waals surface area contributed by atoms with Gasteiger partial charge in [0.2, 0.25) is 0 Å². The average Bonchev–Trinajstić information content (AvgIpc) is 2.73. The van der Waals surface area contributed by atoms with E-state index in [0.717, 1.165) is 5.01 Å². The van der Waals surface area contributed by atoms with E-state index in [1.165, 1.54) is 6.20 Å². The summed E-state index contributed by atoms with van der Waals surface area (Å²) in [5.74, 6) is -0.333. The predicted molar refractivity (Wildman–Crippen MR) is 62.4 cm³/mol. The summed E-state index contributed by atoms with van der Waals surface area (Å²) >= 11 is 0. The zero-order chi connectivity index (χ0) is 13.6. The standard InChI is InChI=1S/C11H18N2O5/c1-3-17-9(14)5-6-11(18-4-2)7-8-13(12-11)10(15)16/h7-8,12H,3-6H2,1-2H3,(H,15,16). The Balaban J connectivity index is 2.58. The van der Waals surface area contributed by atoms with Crippen LogP contribution in [0.2, 0.25) is 0 Å². The van der Waals surface area contributed by atoms with Crippen molar-refractivity contribution < 1.29 is 24.2 Å². The Morgan fingerprint density at radius 2 is 2.11 bits per heavy atom. The molecule has 18 heavy (non-hydrogen) atoms. The average molecular weight is 258 g/mol. The molecule has 1 aliphatic heterocycles. The minimum Gasteiger partial charge on any atom is -0.466 e. The van der Waals surface area contributed by atoms with Crippen LogP contribution in [0.1, 0.15) is 26.7 Å². The minimum absolute atomic E-state index is 0.151. The molecule has 0 radical (unpaired) electrons. The highest BCUT2D eigenvalue weighted by Gasteiger charge is 2.36. The van der Waals surface area contributed by atoms with Crippen molar-refractivity contribution in [3.05, 3.63) is 12.3 Å². The summed E-state index contributed by atoms with van der Waals surface area (Å²) in [4.78, 5) is 22.1. The number of carboxylic acid groups (broad SMARTS) is 1. The van der Waals surface area contributed by atoms with Gasteiger partial charge in [0.1, 0.15) is 0 Å². The number of esters is 1. The monoisotopic (exact) mass is 258 g/mol. The van der Waals surface area contributed by atoms with Gasteiger partial charge in [-0.05, 0) is 19.9 Å². The quantitative estimate of drug-likeness (QED) is 0.693. The molecule has 0 aliphatic carbocycles. The first-order valence-electron chi connectivity index (χ1n) is 5.82. The van der Waals surface area contributed by atoms with E-state index in [2.05, 4.69) is 5.43 Å². The van der Waals surface area contributed by atoms with Gasteiger partial charge in [-0.1, -0.05) is 0 Å². The number of ether oxygens (including phenoxy) is 2. The number of nitrogens with zero attached hydrogens (tertiary/aromatic N) is 1. The van der Waals surface area contributed by atoms with Crippen molar-refractivity contribution in [3.8, 4) is 0 Å². The Morgan fingerprint density at radius 3 is 2.61 bits per heavy atom. The van der Waals surface area contributed by atoms with E-state index >= 15 is 0 Å². The minimum atomic E-state index is -1.14. The lowest BCUT2D eigenvalue weighted by molar-refractivity contribution is -0.145. The van der Waals surface area contributed by atoms with E-state index in [0.29, 0.717) is 19.6 Å². The number of hydrazine groups is 1. The summed E-state index contributed by atoms with van der Waals surface area (Å²) < 4.78 is 10.3. The smallest absolute Gasteiger partial charge is 0.426 e. The van der Waals surface area contributed by atoms with Crippen LogP contribution in [-0.2, 0) is 14.3 Å². The van der Waals surface area contributed by atoms with Crippen molar-refractivity contribution in [1.29, 1.82) is 0 Å². The molecule has 7 heteroatoms. The molecule has 0 saturated carbocycles. The van der Waals surface area contributed by atoms with E-state index < -0.39 is 11.8 Å². The van der Waals surface area contributed by atoms with Gasteiger partial charge in [-0.15, -0.1) is 0 Å². The summed E-state index contributed by atoms with van der Waals surface area (Å²) in [6.07, 6.45) is 2.27. The van der Waals surface area contributed by atoms with Gasteiger partial charge < -0.3 is 14.6 Å². The number of carbonyl (C=O) groups excluding carboxylic acids is 1. The SMILES string of the molecule is CCOC(=O)CCC1(OCC)C=CN(C(=O)O)N1. The molecule has 1 heterocycles. The van der Waals surface area contributed by atoms with E-state index in [4.69, 9.17) is 14.6 Å². The Labute approximate surface area is 105 Å². The first-order valence-corrected chi connectivity index (χ1v) is 5.82. The molecule has 0 saturated heterocycles. The molecule has 0 fully saturated rings. The van der Waals surface area contributed by atoms with E-state index in [1.54, 1.807) is 19.9 Å². The van der Waals surface area contributed by atoms with Crippen molar-refractivity contribution in [2.45, 2.75) is 32.4 Å². The lowest BCUT2D eigenvalue weighted by Gasteiger charge is -2.29. The third-order valence-electron chi connectivity index (χ3n) is 2.42. The first kappa shape index (κ1) is 14.5. The molecule has 1 rings (SSSR count). The normalized spacial score (nSPS) is 22.2.